The molecule has 1 aromatic carbocycles. The zero-order valence-electron chi connectivity index (χ0n) is 10.1. The van der Waals surface area contributed by atoms with Gasteiger partial charge in [-0.15, -0.1) is 12.5 Å². The van der Waals surface area contributed by atoms with Crippen LogP contribution in [0.25, 0.3) is 0 Å². The van der Waals surface area contributed by atoms with Crippen molar-refractivity contribution in [3.63, 3.8) is 0 Å². The van der Waals surface area contributed by atoms with Crippen molar-refractivity contribution in [3.05, 3.63) is 43.3 Å². The summed E-state index contributed by atoms with van der Waals surface area (Å²) in [5, 5.41) is 0. The van der Waals surface area contributed by atoms with Gasteiger partial charge in [0.25, 0.3) is 0 Å². The van der Waals surface area contributed by atoms with Gasteiger partial charge < -0.3 is 16.6 Å². The normalized spacial score (nSPS) is 17.6. The van der Waals surface area contributed by atoms with Crippen LogP contribution in [0.2, 0.25) is 0 Å². The van der Waals surface area contributed by atoms with Crippen molar-refractivity contribution < 1.29 is 23.6 Å². The third-order valence-electron chi connectivity index (χ3n) is 2.81. The predicted molar refractivity (Wildman–Crippen MR) is 63.5 cm³/mol. The maximum absolute atomic E-state index is 5.22. The molecule has 0 spiro atoms. The zero-order valence-corrected chi connectivity index (χ0v) is 10.1. The van der Waals surface area contributed by atoms with E-state index >= 15 is 0 Å². The quantitative estimate of drug-likeness (QED) is 0.382. The van der Waals surface area contributed by atoms with E-state index in [0.717, 1.165) is 18.8 Å². The van der Waals surface area contributed by atoms with Gasteiger partial charge in [0, 0.05) is 12.2 Å². The Morgan fingerprint density at radius 1 is 1.62 bits per heavy atom. The Bertz CT molecular complexity index is 378. The predicted octanol–water partition coefficient (Wildman–Crippen LogP) is -0.377. The molecule has 0 aromatic heterocycles. The van der Waals surface area contributed by atoms with Crippen LogP contribution in [0.5, 0.6) is 5.75 Å². The van der Waals surface area contributed by atoms with Crippen molar-refractivity contribution in [3.8, 4) is 5.75 Å². The molecule has 0 radical (unpaired) electrons. The smallest absolute Gasteiger partial charge is 0.497 e. The molecule has 0 saturated carbocycles. The van der Waals surface area contributed by atoms with Gasteiger partial charge in [-0.05, 0) is 30.3 Å². The largest absolute Gasteiger partial charge is 1.00 e. The molecule has 16 heavy (non-hydrogen) atoms. The molecule has 0 N–H and O–H groups in total. The van der Waals surface area contributed by atoms with Crippen molar-refractivity contribution in [1.82, 2.24) is 0 Å². The molecule has 1 unspecified atom stereocenters. The van der Waals surface area contributed by atoms with E-state index in [-0.39, 0.29) is 18.9 Å². The fourth-order valence-corrected chi connectivity index (χ4v) is 2.07. The number of methoxy groups -OCH3 is 1. The summed E-state index contributed by atoms with van der Waals surface area (Å²) < 4.78 is 5.22. The summed E-state index contributed by atoms with van der Waals surface area (Å²) in [6.45, 7) is 9.77. The van der Waals surface area contributed by atoms with Crippen LogP contribution in [0.4, 0.5) is 5.69 Å². The Morgan fingerprint density at radius 3 is 3.00 bits per heavy atom. The molecule has 3 heteroatoms. The average Bonchev–Trinajstić information content (AvgIpc) is 2.56. The van der Waals surface area contributed by atoms with Crippen molar-refractivity contribution in [2.45, 2.75) is 5.92 Å². The molecule has 80 valence electrons. The van der Waals surface area contributed by atoms with Gasteiger partial charge in [-0.3, -0.25) is 0 Å². The molecule has 0 fully saturated rings. The van der Waals surface area contributed by atoms with Crippen LogP contribution in [-0.2, 0) is 0 Å². The molecule has 1 aliphatic heterocycles. The first-order valence-electron chi connectivity index (χ1n) is 5.13. The second kappa shape index (κ2) is 5.48. The number of nitrogens with zero attached hydrogens (tertiary/aromatic N) is 1. The number of fused-ring (bicyclic) bond motifs is 1. The molecular formula is C13H16LiNO. The van der Waals surface area contributed by atoms with E-state index in [4.69, 9.17) is 4.74 Å². The Balaban J connectivity index is 0.00000128. The molecular weight excluding hydrogens is 193 g/mol. The number of benzene rings is 1. The molecule has 2 rings (SSSR count). The van der Waals surface area contributed by atoms with E-state index < -0.39 is 0 Å². The second-order valence-electron chi connectivity index (χ2n) is 3.82. The minimum atomic E-state index is 0. The number of ether oxygens (including phenoxy) is 1. The molecule has 1 aromatic rings. The standard InChI is InChI=1S/C13H16NO.Li/c1-4-7-14-9-10(2)12-8-11(15-3)5-6-13(12)14;/h4-6,8,10H,1-2,7,9H2,3H3;/q-1;+1. The summed E-state index contributed by atoms with van der Waals surface area (Å²) in [4.78, 5) is 2.29. The zero-order chi connectivity index (χ0) is 10.8. The third kappa shape index (κ3) is 2.29. The maximum atomic E-state index is 5.22. The van der Waals surface area contributed by atoms with Crippen LogP contribution in [-0.4, -0.2) is 20.2 Å². The van der Waals surface area contributed by atoms with Crippen LogP contribution in [0.3, 0.4) is 0 Å². The van der Waals surface area contributed by atoms with E-state index in [1.807, 2.05) is 12.1 Å². The molecule has 0 saturated heterocycles. The van der Waals surface area contributed by atoms with Crippen LogP contribution in [0.15, 0.2) is 30.9 Å². The Labute approximate surface area is 109 Å². The van der Waals surface area contributed by atoms with E-state index in [9.17, 15) is 0 Å². The molecule has 0 amide bonds. The van der Waals surface area contributed by atoms with Gasteiger partial charge in [0.2, 0.25) is 0 Å². The maximum Gasteiger partial charge on any atom is 1.00 e. The minimum Gasteiger partial charge on any atom is -0.497 e. The molecule has 1 heterocycles. The molecule has 1 aliphatic rings. The van der Waals surface area contributed by atoms with E-state index in [1.165, 1.54) is 11.3 Å². The van der Waals surface area contributed by atoms with Crippen LogP contribution >= 0.6 is 0 Å². The molecule has 0 bridgehead atoms. The summed E-state index contributed by atoms with van der Waals surface area (Å²) in [6.07, 6.45) is 1.92. The summed E-state index contributed by atoms with van der Waals surface area (Å²) in [6, 6.07) is 6.17. The van der Waals surface area contributed by atoms with Gasteiger partial charge in [-0.1, -0.05) is 6.08 Å². The number of hydrogen-bond donors (Lipinski definition) is 0. The first-order valence-corrected chi connectivity index (χ1v) is 5.13. The van der Waals surface area contributed by atoms with Gasteiger partial charge >= 0.3 is 18.9 Å². The van der Waals surface area contributed by atoms with Crippen molar-refractivity contribution in [1.29, 1.82) is 0 Å². The van der Waals surface area contributed by atoms with Crippen molar-refractivity contribution >= 4 is 5.69 Å². The monoisotopic (exact) mass is 209 g/mol. The number of anilines is 1. The van der Waals surface area contributed by atoms with Crippen LogP contribution < -0.4 is 28.5 Å². The van der Waals surface area contributed by atoms with Gasteiger partial charge in [-0.25, -0.2) is 0 Å². The average molecular weight is 209 g/mol. The van der Waals surface area contributed by atoms with Gasteiger partial charge in [0.05, 0.1) is 7.11 Å². The second-order valence-corrected chi connectivity index (χ2v) is 3.82. The topological polar surface area (TPSA) is 12.5 Å². The first kappa shape index (κ1) is 13.2. The SMILES string of the molecule is C=CCN1CC([CH2-])c2cc(OC)ccc21.[Li+]. The fraction of sp³-hybridized carbons (Fsp3) is 0.308. The van der Waals surface area contributed by atoms with Gasteiger partial charge in [0.15, 0.2) is 0 Å². The van der Waals surface area contributed by atoms with Gasteiger partial charge in [-0.2, -0.15) is 0 Å². The van der Waals surface area contributed by atoms with E-state index in [0.29, 0.717) is 5.92 Å². The number of rotatable bonds is 3. The van der Waals surface area contributed by atoms with E-state index in [1.54, 1.807) is 7.11 Å². The van der Waals surface area contributed by atoms with Gasteiger partial charge in [0.1, 0.15) is 5.75 Å². The number of hydrogen-bond acceptors (Lipinski definition) is 2. The minimum absolute atomic E-state index is 0. The molecule has 0 aliphatic carbocycles. The summed E-state index contributed by atoms with van der Waals surface area (Å²) >= 11 is 0. The third-order valence-corrected chi connectivity index (χ3v) is 2.81. The van der Waals surface area contributed by atoms with Crippen molar-refractivity contribution in [2.75, 3.05) is 25.1 Å². The molecule has 1 atom stereocenters. The van der Waals surface area contributed by atoms with E-state index in [2.05, 4.69) is 30.5 Å². The molecule has 2 nitrogen and oxygen atoms in total. The van der Waals surface area contributed by atoms with Crippen molar-refractivity contribution in [2.24, 2.45) is 0 Å². The fourth-order valence-electron chi connectivity index (χ4n) is 2.07. The Hall–Kier alpha value is -0.843. The van der Waals surface area contributed by atoms with Crippen LogP contribution in [0, 0.1) is 6.92 Å². The first-order chi connectivity index (χ1) is 7.26. The summed E-state index contributed by atoms with van der Waals surface area (Å²) in [5.74, 6) is 1.23. The summed E-state index contributed by atoms with van der Waals surface area (Å²) in [7, 11) is 1.69. The Kier molecular flexibility index (Phi) is 4.53. The van der Waals surface area contributed by atoms with Crippen LogP contribution in [0.1, 0.15) is 11.5 Å². The Morgan fingerprint density at radius 2 is 2.38 bits per heavy atom. The summed E-state index contributed by atoms with van der Waals surface area (Å²) in [5.41, 5.74) is 2.53.